The molecule has 1 heterocycles. The fraction of sp³-hybridized carbons (Fsp3) is 0.600. The van der Waals surface area contributed by atoms with Gasteiger partial charge in [-0.25, -0.2) is 0 Å². The highest BCUT2D eigenvalue weighted by Gasteiger charge is 2.19. The van der Waals surface area contributed by atoms with Crippen LogP contribution < -0.4 is 10.1 Å². The van der Waals surface area contributed by atoms with Crippen LogP contribution in [0.25, 0.3) is 0 Å². The summed E-state index contributed by atoms with van der Waals surface area (Å²) in [4.78, 5) is 2.53. The van der Waals surface area contributed by atoms with Gasteiger partial charge in [-0.05, 0) is 51.5 Å². The zero-order valence-electron chi connectivity index (χ0n) is 11.9. The third-order valence-electron chi connectivity index (χ3n) is 3.79. The SMILES string of the molecule is CNCC1CCN(Cc2ccccc2OC)CC1.Cl. The van der Waals surface area contributed by atoms with Crippen molar-refractivity contribution in [2.24, 2.45) is 5.92 Å². The van der Waals surface area contributed by atoms with Crippen molar-refractivity contribution in [3.8, 4) is 5.75 Å². The van der Waals surface area contributed by atoms with Crippen molar-refractivity contribution in [1.82, 2.24) is 10.2 Å². The number of methoxy groups -OCH3 is 1. The van der Waals surface area contributed by atoms with Crippen LogP contribution in [0.3, 0.4) is 0 Å². The molecule has 0 amide bonds. The summed E-state index contributed by atoms with van der Waals surface area (Å²) in [6.07, 6.45) is 2.60. The van der Waals surface area contributed by atoms with Gasteiger partial charge in [0.05, 0.1) is 7.11 Å². The number of hydrogen-bond acceptors (Lipinski definition) is 3. The minimum atomic E-state index is 0. The molecule has 1 aliphatic rings. The molecule has 3 nitrogen and oxygen atoms in total. The number of ether oxygens (including phenoxy) is 1. The second-order valence-corrected chi connectivity index (χ2v) is 5.09. The number of nitrogens with one attached hydrogen (secondary N) is 1. The molecular formula is C15H25ClN2O. The lowest BCUT2D eigenvalue weighted by atomic mass is 9.96. The number of benzene rings is 1. The smallest absolute Gasteiger partial charge is 0.123 e. The molecular weight excluding hydrogens is 260 g/mol. The molecule has 0 bridgehead atoms. The number of halogens is 1. The Morgan fingerprint density at radius 2 is 1.95 bits per heavy atom. The molecule has 0 saturated carbocycles. The Balaban J connectivity index is 0.00000180. The van der Waals surface area contributed by atoms with Crippen molar-refractivity contribution in [2.75, 3.05) is 33.8 Å². The zero-order valence-corrected chi connectivity index (χ0v) is 12.7. The molecule has 4 heteroatoms. The van der Waals surface area contributed by atoms with E-state index in [0.717, 1.165) is 24.8 Å². The Morgan fingerprint density at radius 1 is 1.26 bits per heavy atom. The predicted octanol–water partition coefficient (Wildman–Crippen LogP) is 2.55. The van der Waals surface area contributed by atoms with Gasteiger partial charge in [0.25, 0.3) is 0 Å². The maximum atomic E-state index is 5.41. The Labute approximate surface area is 122 Å². The third-order valence-corrected chi connectivity index (χ3v) is 3.79. The molecule has 0 radical (unpaired) electrons. The number of piperidine rings is 1. The van der Waals surface area contributed by atoms with E-state index in [9.17, 15) is 0 Å². The first-order valence-electron chi connectivity index (χ1n) is 6.82. The summed E-state index contributed by atoms with van der Waals surface area (Å²) >= 11 is 0. The van der Waals surface area contributed by atoms with E-state index in [1.54, 1.807) is 7.11 Å². The molecule has 2 rings (SSSR count). The number of likely N-dealkylation sites (tertiary alicyclic amines) is 1. The fourth-order valence-electron chi connectivity index (χ4n) is 2.71. The molecule has 108 valence electrons. The second kappa shape index (κ2) is 8.41. The Bertz CT molecular complexity index is 365. The molecule has 1 aromatic carbocycles. The molecule has 19 heavy (non-hydrogen) atoms. The number of rotatable bonds is 5. The van der Waals surface area contributed by atoms with Crippen LogP contribution in [-0.2, 0) is 6.54 Å². The normalized spacial score (nSPS) is 16.9. The van der Waals surface area contributed by atoms with Crippen LogP contribution in [0.1, 0.15) is 18.4 Å². The average Bonchev–Trinajstić information content (AvgIpc) is 2.42. The number of para-hydroxylation sites is 1. The molecule has 0 spiro atoms. The van der Waals surface area contributed by atoms with Crippen molar-refractivity contribution in [1.29, 1.82) is 0 Å². The summed E-state index contributed by atoms with van der Waals surface area (Å²) in [7, 11) is 3.79. The summed E-state index contributed by atoms with van der Waals surface area (Å²) in [5, 5.41) is 3.28. The summed E-state index contributed by atoms with van der Waals surface area (Å²) in [5.41, 5.74) is 1.30. The predicted molar refractivity (Wildman–Crippen MR) is 82.2 cm³/mol. The number of nitrogens with zero attached hydrogens (tertiary/aromatic N) is 1. The average molecular weight is 285 g/mol. The quantitative estimate of drug-likeness (QED) is 0.899. The maximum absolute atomic E-state index is 5.41. The lowest BCUT2D eigenvalue weighted by Crippen LogP contribution is -2.36. The first-order valence-corrected chi connectivity index (χ1v) is 6.82. The zero-order chi connectivity index (χ0) is 12.8. The van der Waals surface area contributed by atoms with Gasteiger partial charge in [0, 0.05) is 12.1 Å². The van der Waals surface area contributed by atoms with E-state index < -0.39 is 0 Å². The van der Waals surface area contributed by atoms with Crippen molar-refractivity contribution < 1.29 is 4.74 Å². The van der Waals surface area contributed by atoms with Crippen molar-refractivity contribution >= 4 is 12.4 Å². The highest BCUT2D eigenvalue weighted by Crippen LogP contribution is 2.23. The van der Waals surface area contributed by atoms with Crippen LogP contribution in [0.2, 0.25) is 0 Å². The topological polar surface area (TPSA) is 24.5 Å². The van der Waals surface area contributed by atoms with Gasteiger partial charge in [-0.3, -0.25) is 4.90 Å². The van der Waals surface area contributed by atoms with Crippen LogP contribution >= 0.6 is 12.4 Å². The lowest BCUT2D eigenvalue weighted by Gasteiger charge is -2.32. The van der Waals surface area contributed by atoms with Gasteiger partial charge in [0.1, 0.15) is 5.75 Å². The minimum Gasteiger partial charge on any atom is -0.496 e. The molecule has 1 aromatic rings. The van der Waals surface area contributed by atoms with Crippen LogP contribution in [0.5, 0.6) is 5.75 Å². The van der Waals surface area contributed by atoms with Crippen LogP contribution in [0.15, 0.2) is 24.3 Å². The molecule has 0 aliphatic carbocycles. The fourth-order valence-corrected chi connectivity index (χ4v) is 2.71. The van der Waals surface area contributed by atoms with Crippen LogP contribution in [0, 0.1) is 5.92 Å². The first-order chi connectivity index (χ1) is 8.83. The number of hydrogen-bond donors (Lipinski definition) is 1. The summed E-state index contributed by atoms with van der Waals surface area (Å²) in [6.45, 7) is 4.56. The summed E-state index contributed by atoms with van der Waals surface area (Å²) < 4.78 is 5.41. The van der Waals surface area contributed by atoms with Gasteiger partial charge in [-0.15, -0.1) is 12.4 Å². The molecule has 0 unspecified atom stereocenters. The van der Waals surface area contributed by atoms with Crippen molar-refractivity contribution in [3.63, 3.8) is 0 Å². The second-order valence-electron chi connectivity index (χ2n) is 5.09. The third kappa shape index (κ3) is 4.68. The Morgan fingerprint density at radius 3 is 2.58 bits per heavy atom. The van der Waals surface area contributed by atoms with Gasteiger partial charge < -0.3 is 10.1 Å². The Hall–Kier alpha value is -0.770. The van der Waals surface area contributed by atoms with E-state index in [1.165, 1.54) is 31.5 Å². The van der Waals surface area contributed by atoms with E-state index in [4.69, 9.17) is 4.74 Å². The highest BCUT2D eigenvalue weighted by molar-refractivity contribution is 5.85. The van der Waals surface area contributed by atoms with Gasteiger partial charge in [0.15, 0.2) is 0 Å². The molecule has 0 atom stereocenters. The van der Waals surface area contributed by atoms with Crippen molar-refractivity contribution in [2.45, 2.75) is 19.4 Å². The summed E-state index contributed by atoms with van der Waals surface area (Å²) in [6, 6.07) is 8.33. The van der Waals surface area contributed by atoms with Crippen molar-refractivity contribution in [3.05, 3.63) is 29.8 Å². The van der Waals surface area contributed by atoms with Crippen LogP contribution in [-0.4, -0.2) is 38.7 Å². The highest BCUT2D eigenvalue weighted by atomic mass is 35.5. The molecule has 1 fully saturated rings. The van der Waals surface area contributed by atoms with E-state index in [-0.39, 0.29) is 12.4 Å². The molecule has 1 saturated heterocycles. The standard InChI is InChI=1S/C15H24N2O.ClH/c1-16-11-13-7-9-17(10-8-13)12-14-5-3-4-6-15(14)18-2;/h3-6,13,16H,7-12H2,1-2H3;1H. The summed E-state index contributed by atoms with van der Waals surface area (Å²) in [5.74, 6) is 1.86. The van der Waals surface area contributed by atoms with E-state index in [1.807, 2.05) is 19.2 Å². The molecule has 0 aromatic heterocycles. The molecule has 1 aliphatic heterocycles. The van der Waals surface area contributed by atoms with Gasteiger partial charge in [-0.2, -0.15) is 0 Å². The maximum Gasteiger partial charge on any atom is 0.123 e. The van der Waals surface area contributed by atoms with Gasteiger partial charge in [0.2, 0.25) is 0 Å². The van der Waals surface area contributed by atoms with Crippen LogP contribution in [0.4, 0.5) is 0 Å². The van der Waals surface area contributed by atoms with Gasteiger partial charge >= 0.3 is 0 Å². The Kier molecular flexibility index (Phi) is 7.21. The first kappa shape index (κ1) is 16.3. The molecule has 1 N–H and O–H groups in total. The largest absolute Gasteiger partial charge is 0.496 e. The minimum absolute atomic E-state index is 0. The van der Waals surface area contributed by atoms with E-state index in [2.05, 4.69) is 22.3 Å². The van der Waals surface area contributed by atoms with E-state index in [0.29, 0.717) is 0 Å². The van der Waals surface area contributed by atoms with E-state index >= 15 is 0 Å². The lowest BCUT2D eigenvalue weighted by molar-refractivity contribution is 0.175. The monoisotopic (exact) mass is 284 g/mol. The van der Waals surface area contributed by atoms with Gasteiger partial charge in [-0.1, -0.05) is 18.2 Å².